The molecule has 1 aromatic heterocycles. The van der Waals surface area contributed by atoms with Crippen molar-refractivity contribution in [3.05, 3.63) is 23.7 Å². The summed E-state index contributed by atoms with van der Waals surface area (Å²) in [6.45, 7) is 0. The van der Waals surface area contributed by atoms with Crippen LogP contribution in [-0.2, 0) is 0 Å². The van der Waals surface area contributed by atoms with Gasteiger partial charge in [0.1, 0.15) is 6.26 Å². The highest BCUT2D eigenvalue weighted by Crippen LogP contribution is 2.06. The molecule has 1 heterocycles. The average molecular weight is 156 g/mol. The number of aromatic carboxylic acids is 2. The zero-order chi connectivity index (χ0) is 8.43. The number of carbonyl (C=O) groups is 2. The van der Waals surface area contributed by atoms with Crippen LogP contribution in [0.3, 0.4) is 0 Å². The van der Waals surface area contributed by atoms with Gasteiger partial charge in [0.15, 0.2) is 0 Å². The van der Waals surface area contributed by atoms with Crippen molar-refractivity contribution in [2.24, 2.45) is 0 Å². The van der Waals surface area contributed by atoms with Gasteiger partial charge in [-0.05, 0) is 0 Å². The summed E-state index contributed by atoms with van der Waals surface area (Å²) in [7, 11) is 0. The molecule has 0 unspecified atom stereocenters. The van der Waals surface area contributed by atoms with Crippen LogP contribution in [0, 0.1) is 0 Å². The van der Waals surface area contributed by atoms with Crippen LogP contribution >= 0.6 is 0 Å². The van der Waals surface area contributed by atoms with Gasteiger partial charge in [-0.25, -0.2) is 9.59 Å². The molecular weight excluding hydrogens is 152 g/mol. The number of rotatable bonds is 2. The first kappa shape index (κ1) is 7.33. The van der Waals surface area contributed by atoms with Crippen molar-refractivity contribution >= 4 is 11.9 Å². The maximum absolute atomic E-state index is 10.2. The van der Waals surface area contributed by atoms with Crippen molar-refractivity contribution in [1.82, 2.24) is 0 Å². The molecule has 0 fully saturated rings. The lowest BCUT2D eigenvalue weighted by molar-refractivity contribution is 0.0659. The molecule has 0 aliphatic rings. The van der Waals surface area contributed by atoms with E-state index in [4.69, 9.17) is 10.2 Å². The highest BCUT2D eigenvalue weighted by Gasteiger charge is 2.12. The summed E-state index contributed by atoms with van der Waals surface area (Å²) in [6, 6.07) is 0.949. The number of carboxylic acid groups (broad SMARTS) is 2. The second-order valence-electron chi connectivity index (χ2n) is 1.81. The topological polar surface area (TPSA) is 87.7 Å². The van der Waals surface area contributed by atoms with Crippen molar-refractivity contribution < 1.29 is 24.2 Å². The zero-order valence-corrected chi connectivity index (χ0v) is 5.27. The first-order chi connectivity index (χ1) is 5.11. The van der Waals surface area contributed by atoms with Gasteiger partial charge < -0.3 is 14.6 Å². The van der Waals surface area contributed by atoms with Gasteiger partial charge in [0.25, 0.3) is 0 Å². The number of hydrogen-bond donors (Lipinski definition) is 2. The van der Waals surface area contributed by atoms with Crippen molar-refractivity contribution in [3.8, 4) is 0 Å². The Kier molecular flexibility index (Phi) is 1.63. The lowest BCUT2D eigenvalue weighted by atomic mass is 10.3. The van der Waals surface area contributed by atoms with Gasteiger partial charge in [-0.2, -0.15) is 0 Å². The van der Waals surface area contributed by atoms with E-state index >= 15 is 0 Å². The van der Waals surface area contributed by atoms with Gasteiger partial charge in [-0.1, -0.05) is 0 Å². The molecule has 0 atom stereocenters. The van der Waals surface area contributed by atoms with Crippen LogP contribution in [0.1, 0.15) is 20.9 Å². The summed E-state index contributed by atoms with van der Waals surface area (Å²) in [4.78, 5) is 20.3. The number of carboxylic acids is 2. The van der Waals surface area contributed by atoms with E-state index in [-0.39, 0.29) is 11.3 Å². The second-order valence-corrected chi connectivity index (χ2v) is 1.81. The van der Waals surface area contributed by atoms with E-state index < -0.39 is 11.9 Å². The van der Waals surface area contributed by atoms with Crippen LogP contribution in [0.5, 0.6) is 0 Å². The Morgan fingerprint density at radius 3 is 2.18 bits per heavy atom. The Labute approximate surface area is 60.9 Å². The monoisotopic (exact) mass is 156 g/mol. The van der Waals surface area contributed by atoms with Crippen LogP contribution in [0.2, 0.25) is 0 Å². The highest BCUT2D eigenvalue weighted by atomic mass is 16.4. The lowest BCUT2D eigenvalue weighted by Crippen LogP contribution is -1.94. The maximum Gasteiger partial charge on any atom is 0.371 e. The van der Waals surface area contributed by atoms with E-state index in [1.807, 2.05) is 0 Å². The Morgan fingerprint density at radius 1 is 1.27 bits per heavy atom. The van der Waals surface area contributed by atoms with E-state index in [1.54, 1.807) is 0 Å². The van der Waals surface area contributed by atoms with Crippen molar-refractivity contribution in [3.63, 3.8) is 0 Å². The fourth-order valence-corrected chi connectivity index (χ4v) is 0.561. The SMILES string of the molecule is O=C(O)c1coc(C(=O)O)c1. The van der Waals surface area contributed by atoms with E-state index in [0.717, 1.165) is 12.3 Å². The summed E-state index contributed by atoms with van der Waals surface area (Å²) in [6.07, 6.45) is 0.881. The molecule has 0 bridgehead atoms. The van der Waals surface area contributed by atoms with E-state index in [0.29, 0.717) is 0 Å². The van der Waals surface area contributed by atoms with Crippen LogP contribution < -0.4 is 0 Å². The molecule has 1 aromatic rings. The first-order valence-electron chi connectivity index (χ1n) is 2.66. The predicted molar refractivity (Wildman–Crippen MR) is 32.6 cm³/mol. The summed E-state index contributed by atoms with van der Waals surface area (Å²) in [5.41, 5.74) is -0.164. The molecule has 0 saturated heterocycles. The first-order valence-corrected chi connectivity index (χ1v) is 2.66. The lowest BCUT2D eigenvalue weighted by Gasteiger charge is -1.80. The normalized spacial score (nSPS) is 9.45. The summed E-state index contributed by atoms with van der Waals surface area (Å²) in [5.74, 6) is -2.86. The molecular formula is C6H4O5. The standard InChI is InChI=1S/C6H4O5/c7-5(8)3-1-4(6(9)10)11-2-3/h1-2H,(H,7,8)(H,9,10). The molecule has 2 N–H and O–H groups in total. The van der Waals surface area contributed by atoms with E-state index in [1.165, 1.54) is 0 Å². The third kappa shape index (κ3) is 1.37. The van der Waals surface area contributed by atoms with Gasteiger partial charge in [0.05, 0.1) is 5.56 Å². The maximum atomic E-state index is 10.2. The van der Waals surface area contributed by atoms with E-state index in [2.05, 4.69) is 4.42 Å². The van der Waals surface area contributed by atoms with Crippen LogP contribution in [0.25, 0.3) is 0 Å². The quantitative estimate of drug-likeness (QED) is 0.657. The molecule has 0 aliphatic heterocycles. The molecule has 1 rings (SSSR count). The Morgan fingerprint density at radius 2 is 1.91 bits per heavy atom. The number of furan rings is 1. The Balaban J connectivity index is 2.99. The van der Waals surface area contributed by atoms with Crippen LogP contribution in [-0.4, -0.2) is 22.2 Å². The third-order valence-electron chi connectivity index (χ3n) is 1.06. The van der Waals surface area contributed by atoms with Gasteiger partial charge in [0, 0.05) is 6.07 Å². The predicted octanol–water partition coefficient (Wildman–Crippen LogP) is 0.676. The fourth-order valence-electron chi connectivity index (χ4n) is 0.561. The second kappa shape index (κ2) is 2.45. The minimum Gasteiger partial charge on any atom is -0.478 e. The molecule has 11 heavy (non-hydrogen) atoms. The van der Waals surface area contributed by atoms with Gasteiger partial charge in [-0.15, -0.1) is 0 Å². The molecule has 5 nitrogen and oxygen atoms in total. The summed E-state index contributed by atoms with van der Waals surface area (Å²) >= 11 is 0. The summed E-state index contributed by atoms with van der Waals surface area (Å²) < 4.78 is 4.41. The van der Waals surface area contributed by atoms with Gasteiger partial charge >= 0.3 is 11.9 Å². The fraction of sp³-hybridized carbons (Fsp3) is 0. The highest BCUT2D eigenvalue weighted by molar-refractivity contribution is 5.91. The van der Waals surface area contributed by atoms with Crippen LogP contribution in [0.15, 0.2) is 16.7 Å². The van der Waals surface area contributed by atoms with Crippen molar-refractivity contribution in [2.45, 2.75) is 0 Å². The molecule has 0 amide bonds. The minimum atomic E-state index is -1.28. The minimum absolute atomic E-state index is 0.164. The zero-order valence-electron chi connectivity index (χ0n) is 5.27. The van der Waals surface area contributed by atoms with Crippen LogP contribution in [0.4, 0.5) is 0 Å². The van der Waals surface area contributed by atoms with Crippen molar-refractivity contribution in [1.29, 1.82) is 0 Å². The van der Waals surface area contributed by atoms with Crippen molar-refractivity contribution in [2.75, 3.05) is 0 Å². The molecule has 58 valence electrons. The van der Waals surface area contributed by atoms with E-state index in [9.17, 15) is 9.59 Å². The average Bonchev–Trinajstić information content (AvgIpc) is 2.33. The largest absolute Gasteiger partial charge is 0.478 e. The molecule has 0 saturated carbocycles. The summed E-state index contributed by atoms with van der Waals surface area (Å²) in [5, 5.41) is 16.6. The number of hydrogen-bond acceptors (Lipinski definition) is 3. The van der Waals surface area contributed by atoms with Gasteiger partial charge in [-0.3, -0.25) is 0 Å². The third-order valence-corrected chi connectivity index (χ3v) is 1.06. The smallest absolute Gasteiger partial charge is 0.371 e. The molecule has 0 radical (unpaired) electrons. The van der Waals surface area contributed by atoms with Gasteiger partial charge in [0.2, 0.25) is 5.76 Å². The molecule has 5 heteroatoms. The molecule has 0 spiro atoms. The Bertz CT molecular complexity index is 269. The molecule has 0 aliphatic carbocycles. The molecule has 0 aromatic carbocycles. The Hall–Kier alpha value is -1.78.